The van der Waals surface area contributed by atoms with Crippen LogP contribution in [0.5, 0.6) is 0 Å². The van der Waals surface area contributed by atoms with E-state index in [1.807, 2.05) is 0 Å². The van der Waals surface area contributed by atoms with E-state index in [2.05, 4.69) is 61.5 Å². The number of allylic oxidation sites excluding steroid dienone is 2. The van der Waals surface area contributed by atoms with E-state index in [1.54, 1.807) is 0 Å². The molecule has 32 heavy (non-hydrogen) atoms. The quantitative estimate of drug-likeness (QED) is 0.405. The molecule has 0 aliphatic heterocycles. The van der Waals surface area contributed by atoms with Gasteiger partial charge in [0.25, 0.3) is 0 Å². The number of fused-ring (bicyclic) bond motifs is 1. The van der Waals surface area contributed by atoms with Crippen LogP contribution in [0, 0.1) is 34.0 Å². The van der Waals surface area contributed by atoms with Crippen molar-refractivity contribution in [2.24, 2.45) is 34.0 Å². The summed E-state index contributed by atoms with van der Waals surface area (Å²) in [5.74, 6) is 1.49. The standard InChI is InChI=1S/C30H54O2/c1-22(14-15-24-27(4,5)18-11-20-29(24,7)31)12-9-13-25-28(6)19-10-17-26(2,3)23(28)16-21-30(25,8)32/h12,23-25,31-32H,9-11,13-21H2,1-8H3/b22-12+/t23-,24-,25+,28-,29-,30+/m0/s1. The van der Waals surface area contributed by atoms with Crippen LogP contribution >= 0.6 is 0 Å². The average molecular weight is 447 g/mol. The van der Waals surface area contributed by atoms with Gasteiger partial charge in [-0.1, -0.05) is 59.1 Å². The van der Waals surface area contributed by atoms with E-state index in [1.165, 1.54) is 37.7 Å². The average Bonchev–Trinajstić information content (AvgIpc) is 2.61. The van der Waals surface area contributed by atoms with Crippen LogP contribution in [0.1, 0.15) is 132 Å². The predicted octanol–water partition coefficient (Wildman–Crippen LogP) is 8.06. The van der Waals surface area contributed by atoms with Gasteiger partial charge in [0.1, 0.15) is 0 Å². The molecule has 3 fully saturated rings. The zero-order valence-corrected chi connectivity index (χ0v) is 22.7. The van der Waals surface area contributed by atoms with Crippen molar-refractivity contribution in [2.75, 3.05) is 0 Å². The van der Waals surface area contributed by atoms with Crippen LogP contribution in [0.25, 0.3) is 0 Å². The van der Waals surface area contributed by atoms with Crippen molar-refractivity contribution in [2.45, 2.75) is 144 Å². The first-order valence-corrected chi connectivity index (χ1v) is 13.7. The van der Waals surface area contributed by atoms with Crippen LogP contribution in [-0.4, -0.2) is 21.4 Å². The third-order valence-electron chi connectivity index (χ3n) is 10.7. The van der Waals surface area contributed by atoms with E-state index in [-0.39, 0.29) is 10.8 Å². The minimum Gasteiger partial charge on any atom is -0.390 e. The largest absolute Gasteiger partial charge is 0.390 e. The first kappa shape index (κ1) is 26.3. The SMILES string of the molecule is C/C(=C\CC[C@@H]1[C@@]2(C)CCCC(C)(C)[C@@H]2CC[C@@]1(C)O)CC[C@H]1C(C)(C)CCC[C@]1(C)O. The molecule has 0 heterocycles. The Labute approximate surface area is 199 Å². The van der Waals surface area contributed by atoms with Crippen molar-refractivity contribution in [1.82, 2.24) is 0 Å². The Balaban J connectivity index is 1.63. The summed E-state index contributed by atoms with van der Waals surface area (Å²) in [6.45, 7) is 18.6. The van der Waals surface area contributed by atoms with Gasteiger partial charge in [-0.15, -0.1) is 0 Å². The Morgan fingerprint density at radius 2 is 1.34 bits per heavy atom. The Morgan fingerprint density at radius 3 is 2.00 bits per heavy atom. The van der Waals surface area contributed by atoms with Gasteiger partial charge in [-0.3, -0.25) is 0 Å². The molecule has 0 aromatic heterocycles. The highest BCUT2D eigenvalue weighted by Gasteiger charge is 2.57. The molecule has 3 aliphatic rings. The molecule has 3 rings (SSSR count). The summed E-state index contributed by atoms with van der Waals surface area (Å²) in [5, 5.41) is 22.4. The Bertz CT molecular complexity index is 667. The zero-order chi connectivity index (χ0) is 24.0. The fraction of sp³-hybridized carbons (Fsp3) is 0.933. The molecule has 0 amide bonds. The van der Waals surface area contributed by atoms with Gasteiger partial charge in [0.15, 0.2) is 0 Å². The van der Waals surface area contributed by atoms with E-state index < -0.39 is 11.2 Å². The molecule has 2 N–H and O–H groups in total. The Hall–Kier alpha value is -0.340. The summed E-state index contributed by atoms with van der Waals surface area (Å²) in [6.07, 6.45) is 16.1. The molecular weight excluding hydrogens is 392 g/mol. The topological polar surface area (TPSA) is 40.5 Å². The lowest BCUT2D eigenvalue weighted by molar-refractivity contribution is -0.168. The molecule has 2 nitrogen and oxygen atoms in total. The van der Waals surface area contributed by atoms with Crippen molar-refractivity contribution in [3.63, 3.8) is 0 Å². The number of hydrogen-bond donors (Lipinski definition) is 2. The van der Waals surface area contributed by atoms with Crippen LogP contribution in [0.15, 0.2) is 11.6 Å². The summed E-state index contributed by atoms with van der Waals surface area (Å²) in [6, 6.07) is 0. The minimum absolute atomic E-state index is 0.222. The first-order valence-electron chi connectivity index (χ1n) is 13.7. The van der Waals surface area contributed by atoms with Crippen LogP contribution < -0.4 is 0 Å². The number of aliphatic hydroxyl groups is 2. The highest BCUT2D eigenvalue weighted by molar-refractivity contribution is 5.09. The van der Waals surface area contributed by atoms with Crippen molar-refractivity contribution >= 4 is 0 Å². The third-order valence-corrected chi connectivity index (χ3v) is 10.7. The molecule has 3 saturated carbocycles. The second-order valence-corrected chi connectivity index (χ2v) is 14.3. The molecule has 3 aliphatic carbocycles. The lowest BCUT2D eigenvalue weighted by Crippen LogP contribution is -2.57. The molecule has 0 aromatic rings. The van der Waals surface area contributed by atoms with E-state index in [4.69, 9.17) is 0 Å². The maximum atomic E-state index is 11.4. The summed E-state index contributed by atoms with van der Waals surface area (Å²) in [7, 11) is 0. The molecule has 6 atom stereocenters. The highest BCUT2D eigenvalue weighted by atomic mass is 16.3. The fourth-order valence-corrected chi connectivity index (χ4v) is 9.03. The summed E-state index contributed by atoms with van der Waals surface area (Å²) >= 11 is 0. The molecule has 0 spiro atoms. The Morgan fingerprint density at radius 1 is 0.750 bits per heavy atom. The summed E-state index contributed by atoms with van der Waals surface area (Å²) < 4.78 is 0. The van der Waals surface area contributed by atoms with E-state index >= 15 is 0 Å². The van der Waals surface area contributed by atoms with Gasteiger partial charge in [0.2, 0.25) is 0 Å². The second-order valence-electron chi connectivity index (χ2n) is 14.3. The van der Waals surface area contributed by atoms with E-state index in [9.17, 15) is 10.2 Å². The van der Waals surface area contributed by atoms with Gasteiger partial charge in [-0.25, -0.2) is 0 Å². The summed E-state index contributed by atoms with van der Waals surface area (Å²) in [4.78, 5) is 0. The normalized spacial score (nSPS) is 44.2. The van der Waals surface area contributed by atoms with Gasteiger partial charge >= 0.3 is 0 Å². The van der Waals surface area contributed by atoms with E-state index in [0.717, 1.165) is 50.9 Å². The Kier molecular flexibility index (Phi) is 7.41. The lowest BCUT2D eigenvalue weighted by Gasteiger charge is -2.61. The second kappa shape index (κ2) is 9.03. The molecule has 0 bridgehead atoms. The fourth-order valence-electron chi connectivity index (χ4n) is 9.03. The van der Waals surface area contributed by atoms with Crippen molar-refractivity contribution in [3.8, 4) is 0 Å². The van der Waals surface area contributed by atoms with Gasteiger partial charge in [0, 0.05) is 0 Å². The maximum absolute atomic E-state index is 11.4. The van der Waals surface area contributed by atoms with Crippen LogP contribution in [0.4, 0.5) is 0 Å². The van der Waals surface area contributed by atoms with Crippen molar-refractivity contribution in [1.29, 1.82) is 0 Å². The highest BCUT2D eigenvalue weighted by Crippen LogP contribution is 2.63. The van der Waals surface area contributed by atoms with Crippen molar-refractivity contribution in [3.05, 3.63) is 11.6 Å². The molecular formula is C30H54O2. The molecule has 0 saturated heterocycles. The van der Waals surface area contributed by atoms with Crippen molar-refractivity contribution < 1.29 is 10.2 Å². The summed E-state index contributed by atoms with van der Waals surface area (Å²) in [5.41, 5.74) is 1.28. The van der Waals surface area contributed by atoms with Gasteiger partial charge < -0.3 is 10.2 Å². The van der Waals surface area contributed by atoms with E-state index in [0.29, 0.717) is 17.3 Å². The lowest BCUT2D eigenvalue weighted by atomic mass is 9.45. The third kappa shape index (κ3) is 5.17. The van der Waals surface area contributed by atoms with Crippen LogP contribution in [0.3, 0.4) is 0 Å². The van der Waals surface area contributed by atoms with Gasteiger partial charge in [-0.2, -0.15) is 0 Å². The monoisotopic (exact) mass is 446 g/mol. The number of rotatable bonds is 6. The molecule has 0 aromatic carbocycles. The zero-order valence-electron chi connectivity index (χ0n) is 22.7. The molecule has 0 unspecified atom stereocenters. The van der Waals surface area contributed by atoms with Gasteiger partial charge in [-0.05, 0) is 119 Å². The molecule has 186 valence electrons. The molecule has 2 heteroatoms. The molecule has 0 radical (unpaired) electrons. The van der Waals surface area contributed by atoms with Gasteiger partial charge in [0.05, 0.1) is 11.2 Å². The smallest absolute Gasteiger partial charge is 0.0653 e. The maximum Gasteiger partial charge on any atom is 0.0653 e. The predicted molar refractivity (Wildman–Crippen MR) is 137 cm³/mol. The first-order chi connectivity index (χ1) is 14.6. The van der Waals surface area contributed by atoms with Crippen LogP contribution in [-0.2, 0) is 0 Å². The number of hydrogen-bond acceptors (Lipinski definition) is 2. The van der Waals surface area contributed by atoms with Crippen LogP contribution in [0.2, 0.25) is 0 Å². The minimum atomic E-state index is -0.536.